The zero-order chi connectivity index (χ0) is 14.2. The molecule has 4 nitrogen and oxygen atoms in total. The van der Waals surface area contributed by atoms with E-state index in [9.17, 15) is 18.6 Å². The van der Waals surface area contributed by atoms with Crippen LogP contribution in [0, 0.1) is 13.8 Å². The number of hydrogen-bond acceptors (Lipinski definition) is 4. The minimum atomic E-state index is -3.95. The third-order valence-electron chi connectivity index (χ3n) is 2.90. The molecule has 0 aliphatic heterocycles. The van der Waals surface area contributed by atoms with E-state index >= 15 is 0 Å². The number of phenols is 2. The predicted octanol–water partition coefficient (Wildman–Crippen LogP) is 2.55. The summed E-state index contributed by atoms with van der Waals surface area (Å²) in [5.41, 5.74) is 1.18. The minimum absolute atomic E-state index is 0.201. The quantitative estimate of drug-likeness (QED) is 0.885. The molecule has 0 saturated heterocycles. The van der Waals surface area contributed by atoms with Gasteiger partial charge in [-0.2, -0.15) is 0 Å². The van der Waals surface area contributed by atoms with Crippen molar-refractivity contribution in [1.82, 2.24) is 0 Å². The normalized spacial score (nSPS) is 11.5. The van der Waals surface area contributed by atoms with E-state index < -0.39 is 9.84 Å². The summed E-state index contributed by atoms with van der Waals surface area (Å²) in [4.78, 5) is -0.401. The fourth-order valence-corrected chi connectivity index (χ4v) is 3.40. The highest BCUT2D eigenvalue weighted by Crippen LogP contribution is 2.34. The number of para-hydroxylation sites is 1. The Morgan fingerprint density at radius 3 is 2.32 bits per heavy atom. The summed E-state index contributed by atoms with van der Waals surface area (Å²) in [5, 5.41) is 19.6. The predicted molar refractivity (Wildman–Crippen MR) is 71.1 cm³/mol. The van der Waals surface area contributed by atoms with Gasteiger partial charge in [-0.15, -0.1) is 0 Å². The number of sulfone groups is 1. The summed E-state index contributed by atoms with van der Waals surface area (Å²) >= 11 is 0. The zero-order valence-corrected chi connectivity index (χ0v) is 11.4. The molecule has 0 fully saturated rings. The molecular formula is C14H14O4S. The van der Waals surface area contributed by atoms with Gasteiger partial charge in [0.2, 0.25) is 9.84 Å². The van der Waals surface area contributed by atoms with E-state index in [4.69, 9.17) is 0 Å². The second-order valence-corrected chi connectivity index (χ2v) is 6.28. The topological polar surface area (TPSA) is 74.6 Å². The molecule has 0 spiro atoms. The van der Waals surface area contributed by atoms with Gasteiger partial charge in [0.05, 0.1) is 0 Å². The van der Waals surface area contributed by atoms with Crippen molar-refractivity contribution >= 4 is 9.84 Å². The molecule has 0 aromatic heterocycles. The largest absolute Gasteiger partial charge is 0.507 e. The van der Waals surface area contributed by atoms with Gasteiger partial charge in [-0.25, -0.2) is 8.42 Å². The average Bonchev–Trinajstić information content (AvgIpc) is 2.35. The molecule has 0 bridgehead atoms. The molecule has 0 aliphatic rings. The molecule has 0 atom stereocenters. The molecule has 0 heterocycles. The van der Waals surface area contributed by atoms with Crippen molar-refractivity contribution in [3.63, 3.8) is 0 Å². The van der Waals surface area contributed by atoms with Crippen LogP contribution in [0.2, 0.25) is 0 Å². The molecule has 0 aliphatic carbocycles. The SMILES string of the molecule is Cc1ccc(O)c(S(=O)(=O)c2cccc(C)c2O)c1. The Bertz CT molecular complexity index is 725. The van der Waals surface area contributed by atoms with Crippen LogP contribution in [0.25, 0.3) is 0 Å². The summed E-state index contributed by atoms with van der Waals surface area (Å²) < 4.78 is 24.9. The van der Waals surface area contributed by atoms with Crippen LogP contribution in [-0.4, -0.2) is 18.6 Å². The van der Waals surface area contributed by atoms with Crippen LogP contribution in [0.3, 0.4) is 0 Å². The zero-order valence-electron chi connectivity index (χ0n) is 10.6. The van der Waals surface area contributed by atoms with E-state index in [0.29, 0.717) is 11.1 Å². The maximum absolute atomic E-state index is 12.5. The van der Waals surface area contributed by atoms with E-state index in [1.54, 1.807) is 32.0 Å². The van der Waals surface area contributed by atoms with Crippen LogP contribution in [-0.2, 0) is 9.84 Å². The number of aryl methyl sites for hydroxylation is 2. The Morgan fingerprint density at radius 2 is 1.63 bits per heavy atom. The van der Waals surface area contributed by atoms with Gasteiger partial charge in [-0.05, 0) is 43.2 Å². The Hall–Kier alpha value is -2.01. The highest BCUT2D eigenvalue weighted by atomic mass is 32.2. The van der Waals surface area contributed by atoms with E-state index in [1.165, 1.54) is 18.2 Å². The van der Waals surface area contributed by atoms with Crippen molar-refractivity contribution in [2.45, 2.75) is 23.6 Å². The third-order valence-corrected chi connectivity index (χ3v) is 4.71. The van der Waals surface area contributed by atoms with Crippen LogP contribution in [0.4, 0.5) is 0 Å². The Labute approximate surface area is 111 Å². The first-order valence-electron chi connectivity index (χ1n) is 5.67. The van der Waals surface area contributed by atoms with Gasteiger partial charge in [-0.1, -0.05) is 18.2 Å². The number of benzene rings is 2. The van der Waals surface area contributed by atoms with Gasteiger partial charge in [0.25, 0.3) is 0 Å². The molecule has 2 aromatic rings. The Balaban J connectivity index is 2.73. The van der Waals surface area contributed by atoms with Crippen LogP contribution in [0.15, 0.2) is 46.2 Å². The van der Waals surface area contributed by atoms with Gasteiger partial charge in [-0.3, -0.25) is 0 Å². The van der Waals surface area contributed by atoms with E-state index in [2.05, 4.69) is 0 Å². The van der Waals surface area contributed by atoms with Gasteiger partial charge in [0, 0.05) is 0 Å². The van der Waals surface area contributed by atoms with Crippen molar-refractivity contribution in [1.29, 1.82) is 0 Å². The average molecular weight is 278 g/mol. The number of rotatable bonds is 2. The second kappa shape index (κ2) is 4.59. The molecule has 5 heteroatoms. The third kappa shape index (κ3) is 2.29. The monoisotopic (exact) mass is 278 g/mol. The van der Waals surface area contributed by atoms with Crippen molar-refractivity contribution in [2.75, 3.05) is 0 Å². The van der Waals surface area contributed by atoms with Crippen molar-refractivity contribution < 1.29 is 18.6 Å². The number of hydrogen-bond donors (Lipinski definition) is 2. The fourth-order valence-electron chi connectivity index (χ4n) is 1.80. The smallest absolute Gasteiger partial charge is 0.213 e. The lowest BCUT2D eigenvalue weighted by molar-refractivity contribution is 0.450. The maximum atomic E-state index is 12.5. The molecule has 0 radical (unpaired) electrons. The molecule has 0 unspecified atom stereocenters. The van der Waals surface area contributed by atoms with E-state index in [-0.39, 0.29) is 21.3 Å². The van der Waals surface area contributed by atoms with Gasteiger partial charge < -0.3 is 10.2 Å². The van der Waals surface area contributed by atoms with Crippen molar-refractivity contribution in [3.05, 3.63) is 47.5 Å². The molecule has 19 heavy (non-hydrogen) atoms. The first kappa shape index (κ1) is 13.4. The van der Waals surface area contributed by atoms with Crippen LogP contribution >= 0.6 is 0 Å². The highest BCUT2D eigenvalue weighted by Gasteiger charge is 2.25. The lowest BCUT2D eigenvalue weighted by Gasteiger charge is -2.10. The Morgan fingerprint density at radius 1 is 0.947 bits per heavy atom. The molecule has 2 N–H and O–H groups in total. The van der Waals surface area contributed by atoms with Gasteiger partial charge in [0.15, 0.2) is 0 Å². The molecule has 2 aromatic carbocycles. The lowest BCUT2D eigenvalue weighted by Crippen LogP contribution is -2.03. The first-order valence-corrected chi connectivity index (χ1v) is 7.15. The van der Waals surface area contributed by atoms with E-state index in [0.717, 1.165) is 0 Å². The summed E-state index contributed by atoms with van der Waals surface area (Å²) in [7, 11) is -3.95. The van der Waals surface area contributed by atoms with Crippen LogP contribution in [0.5, 0.6) is 11.5 Å². The molecule has 2 rings (SSSR count). The molecule has 100 valence electrons. The molecular weight excluding hydrogens is 264 g/mol. The number of phenolic OH excluding ortho intramolecular Hbond substituents is 2. The molecule has 0 saturated carbocycles. The van der Waals surface area contributed by atoms with Crippen LogP contribution < -0.4 is 0 Å². The lowest BCUT2D eigenvalue weighted by atomic mass is 10.2. The van der Waals surface area contributed by atoms with E-state index in [1.807, 2.05) is 0 Å². The number of aromatic hydroxyl groups is 2. The standard InChI is InChI=1S/C14H14O4S/c1-9-6-7-11(15)13(8-9)19(17,18)12-5-3-4-10(2)14(12)16/h3-8,15-16H,1-2H3. The molecule has 0 amide bonds. The van der Waals surface area contributed by atoms with Crippen molar-refractivity contribution in [3.8, 4) is 11.5 Å². The highest BCUT2D eigenvalue weighted by molar-refractivity contribution is 7.91. The van der Waals surface area contributed by atoms with Gasteiger partial charge >= 0.3 is 0 Å². The second-order valence-electron chi connectivity index (χ2n) is 4.40. The minimum Gasteiger partial charge on any atom is -0.507 e. The summed E-state index contributed by atoms with van der Waals surface area (Å²) in [6.45, 7) is 3.35. The van der Waals surface area contributed by atoms with Gasteiger partial charge in [0.1, 0.15) is 21.3 Å². The Kier molecular flexibility index (Phi) is 3.24. The summed E-state index contributed by atoms with van der Waals surface area (Å²) in [6, 6.07) is 8.81. The summed E-state index contributed by atoms with van der Waals surface area (Å²) in [6.07, 6.45) is 0. The first-order chi connectivity index (χ1) is 8.84. The summed E-state index contributed by atoms with van der Waals surface area (Å²) in [5.74, 6) is -0.616. The maximum Gasteiger partial charge on any atom is 0.213 e. The fraction of sp³-hybridized carbons (Fsp3) is 0.143. The van der Waals surface area contributed by atoms with Crippen LogP contribution in [0.1, 0.15) is 11.1 Å². The van der Waals surface area contributed by atoms with Crippen molar-refractivity contribution in [2.24, 2.45) is 0 Å².